The molecule has 0 aromatic heterocycles. The maximum absolute atomic E-state index is 12.0. The molecule has 0 fully saturated rings. The van der Waals surface area contributed by atoms with Crippen LogP contribution in [0.15, 0.2) is 12.1 Å². The van der Waals surface area contributed by atoms with E-state index >= 15 is 0 Å². The van der Waals surface area contributed by atoms with Crippen molar-refractivity contribution in [3.63, 3.8) is 0 Å². The van der Waals surface area contributed by atoms with Gasteiger partial charge in [0.1, 0.15) is 6.04 Å². The minimum absolute atomic E-state index is 0.0385. The number of carbonyl (C=O) groups excluding carboxylic acids is 1. The Balaban J connectivity index is 2.79. The molecule has 0 radical (unpaired) electrons. The maximum Gasteiger partial charge on any atom is 0.320 e. The van der Waals surface area contributed by atoms with Crippen molar-refractivity contribution < 1.29 is 14.7 Å². The molecule has 0 aliphatic heterocycles. The zero-order valence-corrected chi connectivity index (χ0v) is 11.2. The van der Waals surface area contributed by atoms with Crippen LogP contribution in [0.2, 0.25) is 0 Å². The number of ketones is 1. The van der Waals surface area contributed by atoms with E-state index in [9.17, 15) is 9.59 Å². The maximum atomic E-state index is 12.0. The molecule has 0 spiro atoms. The molecular weight excluding hydrogens is 230 g/mol. The van der Waals surface area contributed by atoms with E-state index in [-0.39, 0.29) is 12.3 Å². The van der Waals surface area contributed by atoms with Crippen LogP contribution in [0, 0.1) is 20.8 Å². The number of hydrogen-bond donors (Lipinski definition) is 2. The summed E-state index contributed by atoms with van der Waals surface area (Å²) in [4.78, 5) is 22.6. The van der Waals surface area contributed by atoms with Gasteiger partial charge < -0.3 is 5.11 Å². The van der Waals surface area contributed by atoms with E-state index < -0.39 is 12.0 Å². The molecule has 1 unspecified atom stereocenters. The molecule has 1 aromatic carbocycles. The lowest BCUT2D eigenvalue weighted by Crippen LogP contribution is -2.37. The molecule has 98 valence electrons. The number of carbonyl (C=O) groups is 2. The first-order valence-corrected chi connectivity index (χ1v) is 5.90. The van der Waals surface area contributed by atoms with Gasteiger partial charge in [-0.1, -0.05) is 6.07 Å². The minimum Gasteiger partial charge on any atom is -0.480 e. The number of carboxylic acid groups (broad SMARTS) is 1. The fraction of sp³-hybridized carbons (Fsp3) is 0.429. The fourth-order valence-corrected chi connectivity index (χ4v) is 1.69. The minimum atomic E-state index is -0.959. The molecule has 4 nitrogen and oxygen atoms in total. The molecule has 0 aliphatic carbocycles. The lowest BCUT2D eigenvalue weighted by Gasteiger charge is -2.11. The van der Waals surface area contributed by atoms with E-state index in [0.717, 1.165) is 16.7 Å². The van der Waals surface area contributed by atoms with Crippen LogP contribution in [0.5, 0.6) is 0 Å². The summed E-state index contributed by atoms with van der Waals surface area (Å²) in [5.41, 5.74) is 3.79. The third kappa shape index (κ3) is 3.40. The highest BCUT2D eigenvalue weighted by atomic mass is 16.4. The number of carboxylic acids is 1. The van der Waals surface area contributed by atoms with Gasteiger partial charge in [-0.2, -0.15) is 0 Å². The lowest BCUT2D eigenvalue weighted by molar-refractivity contribution is -0.138. The predicted molar refractivity (Wildman–Crippen MR) is 70.1 cm³/mol. The summed E-state index contributed by atoms with van der Waals surface area (Å²) in [7, 11) is 0. The molecule has 0 amide bonds. The monoisotopic (exact) mass is 249 g/mol. The second-order valence-electron chi connectivity index (χ2n) is 4.62. The second kappa shape index (κ2) is 5.78. The standard InChI is InChI=1S/C14H19NO3/c1-8-5-10(3)12(6-9(8)2)13(16)7-15-11(4)14(17)18/h5-6,11,15H,7H2,1-4H3,(H,17,18). The predicted octanol–water partition coefficient (Wildman–Crippen LogP) is 1.86. The molecule has 0 aliphatic rings. The van der Waals surface area contributed by atoms with E-state index in [4.69, 9.17) is 5.11 Å². The average Bonchev–Trinajstić information content (AvgIpc) is 2.30. The van der Waals surface area contributed by atoms with Gasteiger partial charge in [-0.3, -0.25) is 14.9 Å². The Morgan fingerprint density at radius 2 is 1.72 bits per heavy atom. The van der Waals surface area contributed by atoms with Gasteiger partial charge in [-0.25, -0.2) is 0 Å². The van der Waals surface area contributed by atoms with Crippen molar-refractivity contribution in [1.82, 2.24) is 5.32 Å². The summed E-state index contributed by atoms with van der Waals surface area (Å²) < 4.78 is 0. The normalized spacial score (nSPS) is 12.2. The molecule has 0 saturated carbocycles. The molecule has 2 N–H and O–H groups in total. The van der Waals surface area contributed by atoms with Gasteiger partial charge in [0.15, 0.2) is 5.78 Å². The van der Waals surface area contributed by atoms with E-state index in [0.29, 0.717) is 5.56 Å². The number of rotatable bonds is 5. The van der Waals surface area contributed by atoms with Crippen LogP contribution in [-0.2, 0) is 4.79 Å². The Bertz CT molecular complexity index is 480. The molecule has 18 heavy (non-hydrogen) atoms. The summed E-state index contributed by atoms with van der Waals surface area (Å²) >= 11 is 0. The first-order valence-electron chi connectivity index (χ1n) is 5.90. The van der Waals surface area contributed by atoms with E-state index in [1.807, 2.05) is 32.9 Å². The molecule has 0 saturated heterocycles. The van der Waals surface area contributed by atoms with Crippen LogP contribution in [0.1, 0.15) is 34.0 Å². The summed E-state index contributed by atoms with van der Waals surface area (Å²) in [5, 5.41) is 11.4. The second-order valence-corrected chi connectivity index (χ2v) is 4.62. The van der Waals surface area contributed by atoms with Crippen molar-refractivity contribution >= 4 is 11.8 Å². The van der Waals surface area contributed by atoms with E-state index in [2.05, 4.69) is 5.32 Å². The highest BCUT2D eigenvalue weighted by molar-refractivity contribution is 5.99. The largest absolute Gasteiger partial charge is 0.480 e. The van der Waals surface area contributed by atoms with Crippen molar-refractivity contribution in [2.75, 3.05) is 6.54 Å². The number of nitrogens with one attached hydrogen (secondary N) is 1. The smallest absolute Gasteiger partial charge is 0.320 e. The van der Waals surface area contributed by atoms with Crippen LogP contribution >= 0.6 is 0 Å². The molecule has 1 rings (SSSR count). The first-order chi connectivity index (χ1) is 8.32. The zero-order valence-electron chi connectivity index (χ0n) is 11.2. The summed E-state index contributed by atoms with van der Waals surface area (Å²) in [5.74, 6) is -1.04. The fourth-order valence-electron chi connectivity index (χ4n) is 1.69. The SMILES string of the molecule is Cc1cc(C)c(C(=O)CNC(C)C(=O)O)cc1C. The number of aryl methyl sites for hydroxylation is 3. The Labute approximate surface area is 107 Å². The van der Waals surface area contributed by atoms with Crippen molar-refractivity contribution in [2.24, 2.45) is 0 Å². The van der Waals surface area contributed by atoms with Gasteiger partial charge in [-0.15, -0.1) is 0 Å². The topological polar surface area (TPSA) is 66.4 Å². The molecule has 4 heteroatoms. The molecular formula is C14H19NO3. The molecule has 1 atom stereocenters. The average molecular weight is 249 g/mol. The molecule has 0 heterocycles. The number of aliphatic carboxylic acids is 1. The lowest BCUT2D eigenvalue weighted by atomic mass is 9.98. The number of benzene rings is 1. The molecule has 1 aromatic rings. The summed E-state index contributed by atoms with van der Waals surface area (Å²) in [6.45, 7) is 7.40. The first kappa shape index (κ1) is 14.4. The van der Waals surface area contributed by atoms with Crippen molar-refractivity contribution in [2.45, 2.75) is 33.7 Å². The Morgan fingerprint density at radius 3 is 2.28 bits per heavy atom. The van der Waals surface area contributed by atoms with Gasteiger partial charge in [-0.05, 0) is 50.5 Å². The van der Waals surface area contributed by atoms with Crippen LogP contribution in [0.4, 0.5) is 0 Å². The summed E-state index contributed by atoms with van der Waals surface area (Å²) in [6.07, 6.45) is 0. The van der Waals surface area contributed by atoms with E-state index in [1.54, 1.807) is 0 Å². The Morgan fingerprint density at radius 1 is 1.17 bits per heavy atom. The van der Waals surface area contributed by atoms with Gasteiger partial charge in [0.2, 0.25) is 0 Å². The Hall–Kier alpha value is -1.68. The van der Waals surface area contributed by atoms with Crippen molar-refractivity contribution in [3.05, 3.63) is 34.4 Å². The Kier molecular flexibility index (Phi) is 4.62. The number of hydrogen-bond acceptors (Lipinski definition) is 3. The summed E-state index contributed by atoms with van der Waals surface area (Å²) in [6, 6.07) is 3.12. The van der Waals surface area contributed by atoms with Gasteiger partial charge >= 0.3 is 5.97 Å². The van der Waals surface area contributed by atoms with Crippen molar-refractivity contribution in [1.29, 1.82) is 0 Å². The van der Waals surface area contributed by atoms with Crippen LogP contribution in [-0.4, -0.2) is 29.4 Å². The van der Waals surface area contributed by atoms with Crippen LogP contribution in [0.3, 0.4) is 0 Å². The van der Waals surface area contributed by atoms with E-state index in [1.165, 1.54) is 6.92 Å². The zero-order chi connectivity index (χ0) is 13.9. The van der Waals surface area contributed by atoms with Gasteiger partial charge in [0, 0.05) is 5.56 Å². The quantitative estimate of drug-likeness (QED) is 0.782. The van der Waals surface area contributed by atoms with Crippen LogP contribution < -0.4 is 5.32 Å². The van der Waals surface area contributed by atoms with Gasteiger partial charge in [0.25, 0.3) is 0 Å². The third-order valence-electron chi connectivity index (χ3n) is 3.08. The van der Waals surface area contributed by atoms with Crippen LogP contribution in [0.25, 0.3) is 0 Å². The van der Waals surface area contributed by atoms with Crippen molar-refractivity contribution in [3.8, 4) is 0 Å². The van der Waals surface area contributed by atoms with Gasteiger partial charge in [0.05, 0.1) is 6.54 Å². The highest BCUT2D eigenvalue weighted by Crippen LogP contribution is 2.15. The highest BCUT2D eigenvalue weighted by Gasteiger charge is 2.14. The number of Topliss-reactive ketones (excluding diaryl/α,β-unsaturated/α-hetero) is 1. The third-order valence-corrected chi connectivity index (χ3v) is 3.08. The molecule has 0 bridgehead atoms.